The molecule has 98 valence electrons. The van der Waals surface area contributed by atoms with Crippen LogP contribution in [0.3, 0.4) is 0 Å². The van der Waals surface area contributed by atoms with E-state index in [0.717, 1.165) is 15.3 Å². The second-order valence-electron chi connectivity index (χ2n) is 4.57. The highest BCUT2D eigenvalue weighted by Gasteiger charge is 2.19. The van der Waals surface area contributed by atoms with Gasteiger partial charge in [-0.3, -0.25) is 14.0 Å². The van der Waals surface area contributed by atoms with Crippen molar-refractivity contribution >= 4 is 43.6 Å². The molecule has 3 aromatic rings. The first-order valence-electron chi connectivity index (χ1n) is 5.84. The molecule has 0 unspecified atom stereocenters. The summed E-state index contributed by atoms with van der Waals surface area (Å²) in [7, 11) is 0. The van der Waals surface area contributed by atoms with E-state index in [-0.39, 0.29) is 11.3 Å². The van der Waals surface area contributed by atoms with Crippen molar-refractivity contribution in [3.8, 4) is 0 Å². The number of carbonyl (C=O) groups is 1. The van der Waals surface area contributed by atoms with Crippen molar-refractivity contribution in [1.82, 2.24) is 9.38 Å². The molecule has 0 aromatic carbocycles. The first-order chi connectivity index (χ1) is 8.91. The highest BCUT2D eigenvalue weighted by Crippen LogP contribution is 2.29. The third-order valence-electron chi connectivity index (χ3n) is 3.35. The molecule has 0 radical (unpaired) electrons. The van der Waals surface area contributed by atoms with Crippen LogP contribution in [-0.2, 0) is 0 Å². The first kappa shape index (κ1) is 12.5. The average Bonchev–Trinajstić information content (AvgIpc) is 2.79. The van der Waals surface area contributed by atoms with Gasteiger partial charge >= 0.3 is 0 Å². The molecule has 0 aliphatic carbocycles. The monoisotopic (exact) mass is 292 g/mol. The van der Waals surface area contributed by atoms with Gasteiger partial charge in [-0.25, -0.2) is 4.98 Å². The number of aryl methyl sites for hydroxylation is 3. The molecule has 0 fully saturated rings. The van der Waals surface area contributed by atoms with Gasteiger partial charge in [0.25, 0.3) is 5.56 Å². The lowest BCUT2D eigenvalue weighted by Crippen LogP contribution is -2.15. The van der Waals surface area contributed by atoms with Gasteiger partial charge in [-0.05, 0) is 26.3 Å². The van der Waals surface area contributed by atoms with Gasteiger partial charge in [-0.15, -0.1) is 11.3 Å². The smallest absolute Gasteiger partial charge is 0.267 e. The molecular formula is C13H12N2O2S2. The first-order valence-corrected chi connectivity index (χ1v) is 7.48. The standard InChI is InChI=1S/C13H12N2O2S2/c1-5-8(4)18-11-9(5)12(17)15-6(2)10(7(3)16)19-13(15)14-11/h1-4H3. The Kier molecular flexibility index (Phi) is 2.62. The van der Waals surface area contributed by atoms with Crippen LogP contribution in [0.1, 0.15) is 32.7 Å². The molecule has 19 heavy (non-hydrogen) atoms. The van der Waals surface area contributed by atoms with E-state index in [1.807, 2.05) is 13.8 Å². The number of ketones is 1. The number of thiophene rings is 1. The predicted octanol–water partition coefficient (Wildman–Crippen LogP) is 3.10. The van der Waals surface area contributed by atoms with Gasteiger partial charge in [0, 0.05) is 17.5 Å². The molecule has 0 amide bonds. The van der Waals surface area contributed by atoms with Gasteiger partial charge in [0.2, 0.25) is 0 Å². The van der Waals surface area contributed by atoms with Crippen LogP contribution in [0.2, 0.25) is 0 Å². The van der Waals surface area contributed by atoms with Gasteiger partial charge in [-0.1, -0.05) is 11.3 Å². The number of rotatable bonds is 1. The van der Waals surface area contributed by atoms with E-state index in [0.29, 0.717) is 20.9 Å². The summed E-state index contributed by atoms with van der Waals surface area (Å²) < 4.78 is 1.56. The van der Waals surface area contributed by atoms with E-state index in [2.05, 4.69) is 4.98 Å². The third kappa shape index (κ3) is 1.60. The fourth-order valence-corrected chi connectivity index (χ4v) is 4.32. The maximum Gasteiger partial charge on any atom is 0.267 e. The van der Waals surface area contributed by atoms with Gasteiger partial charge in [0.05, 0.1) is 10.3 Å². The van der Waals surface area contributed by atoms with Gasteiger partial charge in [0.1, 0.15) is 4.83 Å². The molecule has 3 heterocycles. The number of thiazole rings is 1. The number of carbonyl (C=O) groups excluding carboxylic acids is 1. The summed E-state index contributed by atoms with van der Waals surface area (Å²) in [5.74, 6) is -0.0244. The lowest BCUT2D eigenvalue weighted by Gasteiger charge is -1.97. The molecule has 0 bridgehead atoms. The minimum Gasteiger partial charge on any atom is -0.294 e. The summed E-state index contributed by atoms with van der Waals surface area (Å²) in [6.45, 7) is 7.25. The largest absolute Gasteiger partial charge is 0.294 e. The maximum absolute atomic E-state index is 12.6. The van der Waals surface area contributed by atoms with Crippen molar-refractivity contribution in [3.63, 3.8) is 0 Å². The number of fused-ring (bicyclic) bond motifs is 2. The molecule has 3 aromatic heterocycles. The minimum absolute atomic E-state index is 0.0244. The highest BCUT2D eigenvalue weighted by atomic mass is 32.1. The minimum atomic E-state index is -0.0666. The molecule has 0 aliphatic rings. The van der Waals surface area contributed by atoms with E-state index >= 15 is 0 Å². The van der Waals surface area contributed by atoms with Crippen molar-refractivity contribution in [2.45, 2.75) is 27.7 Å². The van der Waals surface area contributed by atoms with Crippen LogP contribution >= 0.6 is 22.7 Å². The summed E-state index contributed by atoms with van der Waals surface area (Å²) >= 11 is 2.81. The van der Waals surface area contributed by atoms with E-state index in [4.69, 9.17) is 0 Å². The molecule has 0 saturated heterocycles. The normalized spacial score (nSPS) is 11.6. The zero-order valence-electron chi connectivity index (χ0n) is 11.0. The van der Waals surface area contributed by atoms with Crippen LogP contribution in [0.25, 0.3) is 15.2 Å². The molecule has 0 spiro atoms. The third-order valence-corrected chi connectivity index (χ3v) is 5.69. The van der Waals surface area contributed by atoms with Crippen LogP contribution in [0.5, 0.6) is 0 Å². The Labute approximate surface area is 117 Å². The zero-order valence-corrected chi connectivity index (χ0v) is 12.7. The van der Waals surface area contributed by atoms with E-state index in [1.54, 1.807) is 11.3 Å². The number of hydrogen-bond acceptors (Lipinski definition) is 5. The SMILES string of the molecule is CC(=O)c1sc2nc3sc(C)c(C)c3c(=O)n2c1C. The predicted molar refractivity (Wildman–Crippen MR) is 78.9 cm³/mol. The Morgan fingerprint density at radius 2 is 1.89 bits per heavy atom. The fraction of sp³-hybridized carbons (Fsp3) is 0.308. The van der Waals surface area contributed by atoms with E-state index in [1.165, 1.54) is 29.6 Å². The summed E-state index contributed by atoms with van der Waals surface area (Å²) in [4.78, 5) is 31.8. The van der Waals surface area contributed by atoms with Gasteiger partial charge in [-0.2, -0.15) is 0 Å². The molecule has 0 N–H and O–H groups in total. The maximum atomic E-state index is 12.6. The van der Waals surface area contributed by atoms with Crippen LogP contribution in [0.4, 0.5) is 0 Å². The van der Waals surface area contributed by atoms with Gasteiger partial charge < -0.3 is 0 Å². The quantitative estimate of drug-likeness (QED) is 0.648. The summed E-state index contributed by atoms with van der Waals surface area (Å²) in [5.41, 5.74) is 1.61. The summed E-state index contributed by atoms with van der Waals surface area (Å²) in [5, 5.41) is 0.677. The Morgan fingerprint density at radius 3 is 2.53 bits per heavy atom. The average molecular weight is 292 g/mol. The van der Waals surface area contributed by atoms with Crippen LogP contribution in [0, 0.1) is 20.8 Å². The summed E-state index contributed by atoms with van der Waals surface area (Å²) in [6, 6.07) is 0. The molecule has 0 atom stereocenters. The van der Waals surface area contributed by atoms with Crippen molar-refractivity contribution in [3.05, 3.63) is 31.4 Å². The van der Waals surface area contributed by atoms with Crippen molar-refractivity contribution < 1.29 is 4.79 Å². The van der Waals surface area contributed by atoms with Crippen LogP contribution < -0.4 is 5.56 Å². The molecule has 0 aliphatic heterocycles. The van der Waals surface area contributed by atoms with Crippen LogP contribution in [-0.4, -0.2) is 15.2 Å². The molecule has 6 heteroatoms. The van der Waals surface area contributed by atoms with E-state index in [9.17, 15) is 9.59 Å². The van der Waals surface area contributed by atoms with Crippen molar-refractivity contribution in [2.75, 3.05) is 0 Å². The molecule has 3 rings (SSSR count). The van der Waals surface area contributed by atoms with Crippen molar-refractivity contribution in [2.24, 2.45) is 0 Å². The topological polar surface area (TPSA) is 51.4 Å². The number of aromatic nitrogens is 2. The Hall–Kier alpha value is -1.53. The molecule has 4 nitrogen and oxygen atoms in total. The molecule has 0 saturated carbocycles. The highest BCUT2D eigenvalue weighted by molar-refractivity contribution is 7.20. The van der Waals surface area contributed by atoms with Crippen LogP contribution in [0.15, 0.2) is 4.79 Å². The van der Waals surface area contributed by atoms with Gasteiger partial charge in [0.15, 0.2) is 10.7 Å². The second-order valence-corrected chi connectivity index (χ2v) is 6.75. The lowest BCUT2D eigenvalue weighted by atomic mass is 10.2. The Balaban J connectivity index is 2.58. The zero-order chi connectivity index (χ0) is 13.9. The second kappa shape index (κ2) is 3.98. The van der Waals surface area contributed by atoms with Crippen molar-refractivity contribution in [1.29, 1.82) is 0 Å². The number of Topliss-reactive ketones (excluding diaryl/α,β-unsaturated/α-hetero) is 1. The number of hydrogen-bond donors (Lipinski definition) is 0. The lowest BCUT2D eigenvalue weighted by molar-refractivity contribution is 0.102. The van der Waals surface area contributed by atoms with E-state index < -0.39 is 0 Å². The fourth-order valence-electron chi connectivity index (χ4n) is 2.23. The number of nitrogens with zero attached hydrogens (tertiary/aromatic N) is 2. The summed E-state index contributed by atoms with van der Waals surface area (Å²) in [6.07, 6.45) is 0. The Bertz CT molecular complexity index is 899. The molecular weight excluding hydrogens is 280 g/mol. The Morgan fingerprint density at radius 1 is 1.21 bits per heavy atom.